The topological polar surface area (TPSA) is 123 Å². The Bertz CT molecular complexity index is 1870. The SMILES string of the molecule is COc1ccc(C2CCN(CC[C@H](CN(C(=O)c3cc(C#N)cc4ccccc34)[C@H](C)C(N)=O)c3ccc(Cl)c(Cl)c3)CC2)c([S@+](C)[O-])c1. The molecular weight excluding hydrogens is 679 g/mol. The van der Waals surface area contributed by atoms with Crippen LogP contribution in [-0.2, 0) is 16.0 Å². The smallest absolute Gasteiger partial charge is 0.255 e. The van der Waals surface area contributed by atoms with Gasteiger partial charge in [-0.1, -0.05) is 59.6 Å². The molecule has 0 aromatic heterocycles. The lowest BCUT2D eigenvalue weighted by atomic mass is 9.88. The van der Waals surface area contributed by atoms with Crippen molar-refractivity contribution < 1.29 is 18.9 Å². The predicted molar refractivity (Wildman–Crippen MR) is 196 cm³/mol. The third-order valence-corrected chi connectivity index (χ3v) is 11.3. The van der Waals surface area contributed by atoms with E-state index in [0.717, 1.165) is 53.9 Å². The molecule has 1 saturated heterocycles. The number of likely N-dealkylation sites (tertiary alicyclic amines) is 1. The number of ether oxygens (including phenoxy) is 1. The Balaban J connectivity index is 1.39. The number of hydrogen-bond acceptors (Lipinski definition) is 6. The van der Waals surface area contributed by atoms with E-state index in [4.69, 9.17) is 33.7 Å². The van der Waals surface area contributed by atoms with Gasteiger partial charge in [-0.15, -0.1) is 0 Å². The summed E-state index contributed by atoms with van der Waals surface area (Å²) in [5, 5.41) is 12.0. The number of methoxy groups -OCH3 is 1. The molecule has 5 rings (SSSR count). The van der Waals surface area contributed by atoms with Crippen molar-refractivity contribution in [3.63, 3.8) is 0 Å². The first-order valence-electron chi connectivity index (χ1n) is 16.2. The Morgan fingerprint density at radius 1 is 1.08 bits per heavy atom. The van der Waals surface area contributed by atoms with Crippen LogP contribution in [0.15, 0.2) is 77.7 Å². The Morgan fingerprint density at radius 3 is 2.47 bits per heavy atom. The zero-order chi connectivity index (χ0) is 35.2. The molecule has 0 saturated carbocycles. The van der Waals surface area contributed by atoms with Crippen LogP contribution in [0.1, 0.15) is 65.1 Å². The number of amides is 2. The summed E-state index contributed by atoms with van der Waals surface area (Å²) in [6.07, 6.45) is 4.20. The highest BCUT2D eigenvalue weighted by Gasteiger charge is 2.31. The van der Waals surface area contributed by atoms with Gasteiger partial charge in [0.2, 0.25) is 5.91 Å². The summed E-state index contributed by atoms with van der Waals surface area (Å²) in [7, 11) is 1.61. The van der Waals surface area contributed by atoms with Gasteiger partial charge in [-0.25, -0.2) is 0 Å². The molecule has 1 aliphatic rings. The molecule has 3 atom stereocenters. The second kappa shape index (κ2) is 16.3. The number of fused-ring (bicyclic) bond motifs is 1. The van der Waals surface area contributed by atoms with Crippen molar-refractivity contribution in [2.45, 2.75) is 49.0 Å². The number of hydrogen-bond donors (Lipinski definition) is 1. The molecule has 0 bridgehead atoms. The number of rotatable bonds is 12. The molecule has 8 nitrogen and oxygen atoms in total. The number of carbonyl (C=O) groups excluding carboxylic acids is 2. The molecule has 0 spiro atoms. The predicted octanol–water partition coefficient (Wildman–Crippen LogP) is 7.13. The quantitative estimate of drug-likeness (QED) is 0.156. The van der Waals surface area contributed by atoms with Gasteiger partial charge in [0, 0.05) is 29.7 Å². The van der Waals surface area contributed by atoms with Crippen molar-refractivity contribution in [1.29, 1.82) is 5.26 Å². The van der Waals surface area contributed by atoms with E-state index in [0.29, 0.717) is 38.7 Å². The summed E-state index contributed by atoms with van der Waals surface area (Å²) in [5.41, 5.74) is 8.51. The first-order chi connectivity index (χ1) is 23.5. The van der Waals surface area contributed by atoms with Crippen molar-refractivity contribution >= 4 is 57.0 Å². The van der Waals surface area contributed by atoms with E-state index in [9.17, 15) is 19.4 Å². The molecule has 49 heavy (non-hydrogen) atoms. The normalized spacial score (nSPS) is 15.7. The fourth-order valence-electron chi connectivity index (χ4n) is 6.68. The van der Waals surface area contributed by atoms with E-state index in [2.05, 4.69) is 11.0 Å². The highest BCUT2D eigenvalue weighted by atomic mass is 35.5. The maximum Gasteiger partial charge on any atom is 0.255 e. The average molecular weight is 720 g/mol. The van der Waals surface area contributed by atoms with Crippen molar-refractivity contribution in [2.24, 2.45) is 5.73 Å². The van der Waals surface area contributed by atoms with Gasteiger partial charge in [0.15, 0.2) is 4.90 Å². The van der Waals surface area contributed by atoms with Gasteiger partial charge in [0.1, 0.15) is 18.0 Å². The van der Waals surface area contributed by atoms with E-state index in [-0.39, 0.29) is 24.3 Å². The third-order valence-electron chi connectivity index (χ3n) is 9.55. The van der Waals surface area contributed by atoms with Crippen LogP contribution in [0.2, 0.25) is 10.0 Å². The molecule has 1 fully saturated rings. The standard InChI is InChI=1S/C38H40Cl2N4O4S/c1-24(37(42)45)44(38(46)33-19-25(22-41)18-28-6-4-5-7-31(28)33)23-29(27-8-11-34(39)35(40)20-27)14-17-43-15-12-26(13-16-43)32-10-9-30(48-2)21-36(32)49(3)47/h4-11,18-21,24,26,29H,12-17,23H2,1-3H3,(H2,42,45)/t24-,29-,49+/m1/s1. The van der Waals surface area contributed by atoms with Crippen LogP contribution in [0.4, 0.5) is 0 Å². The van der Waals surface area contributed by atoms with Gasteiger partial charge in [-0.05, 0) is 110 Å². The highest BCUT2D eigenvalue weighted by molar-refractivity contribution is 7.90. The number of halogens is 2. The molecule has 256 valence electrons. The van der Waals surface area contributed by atoms with E-state index in [1.54, 1.807) is 38.5 Å². The van der Waals surface area contributed by atoms with Crippen LogP contribution in [-0.4, -0.2) is 71.8 Å². The van der Waals surface area contributed by atoms with Gasteiger partial charge in [-0.3, -0.25) is 9.59 Å². The number of nitrogens with two attached hydrogens (primary N) is 1. The van der Waals surface area contributed by atoms with Crippen LogP contribution in [0, 0.1) is 11.3 Å². The molecule has 4 aromatic rings. The minimum Gasteiger partial charge on any atom is -0.612 e. The van der Waals surface area contributed by atoms with Gasteiger partial charge in [0.05, 0.1) is 28.8 Å². The minimum absolute atomic E-state index is 0.194. The summed E-state index contributed by atoms with van der Waals surface area (Å²) in [4.78, 5) is 31.7. The third kappa shape index (κ3) is 8.51. The number of nitriles is 1. The van der Waals surface area contributed by atoms with Crippen LogP contribution in [0.5, 0.6) is 5.75 Å². The number of primary amides is 1. The lowest BCUT2D eigenvalue weighted by Gasteiger charge is -2.35. The van der Waals surface area contributed by atoms with Gasteiger partial charge < -0.3 is 24.8 Å². The van der Waals surface area contributed by atoms with E-state index < -0.39 is 23.1 Å². The van der Waals surface area contributed by atoms with Gasteiger partial charge in [-0.2, -0.15) is 5.26 Å². The molecule has 0 aliphatic carbocycles. The first kappa shape index (κ1) is 36.5. The Hall–Kier alpha value is -3.78. The fourth-order valence-corrected chi connectivity index (χ4v) is 7.83. The van der Waals surface area contributed by atoms with E-state index >= 15 is 0 Å². The minimum atomic E-state index is -1.13. The first-order valence-corrected chi connectivity index (χ1v) is 18.5. The summed E-state index contributed by atoms with van der Waals surface area (Å²) in [6.45, 7) is 4.28. The molecule has 1 aliphatic heterocycles. The average Bonchev–Trinajstić information content (AvgIpc) is 3.11. The highest BCUT2D eigenvalue weighted by Crippen LogP contribution is 2.36. The zero-order valence-electron chi connectivity index (χ0n) is 27.8. The van der Waals surface area contributed by atoms with Crippen LogP contribution in [0.25, 0.3) is 10.8 Å². The summed E-state index contributed by atoms with van der Waals surface area (Å²) in [6, 6.07) is 23.3. The molecular formula is C38H40Cl2N4O4S. The van der Waals surface area contributed by atoms with Crippen molar-refractivity contribution in [1.82, 2.24) is 9.80 Å². The number of benzene rings is 4. The molecule has 4 aromatic carbocycles. The molecule has 0 unspecified atom stereocenters. The number of carbonyl (C=O) groups is 2. The number of piperidine rings is 1. The molecule has 2 N–H and O–H groups in total. The van der Waals surface area contributed by atoms with Crippen LogP contribution < -0.4 is 10.5 Å². The summed E-state index contributed by atoms with van der Waals surface area (Å²) >= 11 is 11.6. The van der Waals surface area contributed by atoms with Crippen molar-refractivity contribution in [3.05, 3.63) is 105 Å². The summed E-state index contributed by atoms with van der Waals surface area (Å²) in [5.74, 6) is -0.234. The number of nitrogens with zero attached hydrogens (tertiary/aromatic N) is 3. The lowest BCUT2D eigenvalue weighted by Crippen LogP contribution is -2.48. The van der Waals surface area contributed by atoms with Gasteiger partial charge in [0.25, 0.3) is 5.91 Å². The Kier molecular flexibility index (Phi) is 12.1. The van der Waals surface area contributed by atoms with E-state index in [1.165, 1.54) is 4.90 Å². The van der Waals surface area contributed by atoms with Crippen molar-refractivity contribution in [3.8, 4) is 11.8 Å². The van der Waals surface area contributed by atoms with Crippen LogP contribution in [0.3, 0.4) is 0 Å². The second-order valence-corrected chi connectivity index (χ2v) is 14.7. The van der Waals surface area contributed by atoms with E-state index in [1.807, 2.05) is 54.6 Å². The maximum absolute atomic E-state index is 14.4. The van der Waals surface area contributed by atoms with Crippen LogP contribution >= 0.6 is 23.2 Å². The molecule has 0 radical (unpaired) electrons. The fraction of sp³-hybridized carbons (Fsp3) is 0.342. The largest absolute Gasteiger partial charge is 0.612 e. The molecule has 2 amide bonds. The zero-order valence-corrected chi connectivity index (χ0v) is 30.2. The van der Waals surface area contributed by atoms with Crippen molar-refractivity contribution in [2.75, 3.05) is 39.5 Å². The Labute approximate surface area is 300 Å². The molecule has 11 heteroatoms. The monoisotopic (exact) mass is 718 g/mol. The van der Waals surface area contributed by atoms with Gasteiger partial charge >= 0.3 is 0 Å². The summed E-state index contributed by atoms with van der Waals surface area (Å²) < 4.78 is 17.9. The Morgan fingerprint density at radius 2 is 1.82 bits per heavy atom. The maximum atomic E-state index is 14.4. The lowest BCUT2D eigenvalue weighted by molar-refractivity contribution is -0.122. The molecule has 1 heterocycles. The second-order valence-electron chi connectivity index (χ2n) is 12.5.